The monoisotopic (exact) mass is 398 g/mol. The molecule has 1 nitrogen and oxygen atoms in total. The maximum absolute atomic E-state index is 10.2. The van der Waals surface area contributed by atoms with E-state index < -0.39 is 0 Å². The van der Waals surface area contributed by atoms with Gasteiger partial charge >= 0.3 is 0 Å². The second-order valence-corrected chi connectivity index (χ2v) is 12.3. The molecule has 4 aliphatic rings. The molecular weight excluding hydrogens is 352 g/mol. The van der Waals surface area contributed by atoms with Crippen molar-refractivity contribution in [2.75, 3.05) is 0 Å². The quantitative estimate of drug-likeness (QED) is 0.494. The van der Waals surface area contributed by atoms with Crippen LogP contribution in [0.15, 0.2) is 24.3 Å². The Balaban J connectivity index is 1.53. The van der Waals surface area contributed by atoms with E-state index in [2.05, 4.69) is 65.8 Å². The summed E-state index contributed by atoms with van der Waals surface area (Å²) in [7, 11) is 0. The molecule has 0 aromatic rings. The molecule has 0 aromatic carbocycles. The third-order valence-electron chi connectivity index (χ3n) is 10.6. The second kappa shape index (κ2) is 7.85. The Bertz CT molecular complexity index is 647. The van der Waals surface area contributed by atoms with E-state index in [0.29, 0.717) is 28.6 Å². The summed E-state index contributed by atoms with van der Waals surface area (Å²) in [6.07, 6.45) is 19.1. The van der Waals surface area contributed by atoms with Crippen LogP contribution in [0, 0.1) is 58.2 Å². The van der Waals surface area contributed by atoms with Gasteiger partial charge in [-0.15, -0.1) is 0 Å². The van der Waals surface area contributed by atoms with E-state index in [1.165, 1.54) is 32.1 Å². The van der Waals surface area contributed by atoms with Gasteiger partial charge < -0.3 is 5.11 Å². The third kappa shape index (κ3) is 3.58. The fraction of sp³-hybridized carbons (Fsp3) is 0.857. The van der Waals surface area contributed by atoms with Gasteiger partial charge in [0.2, 0.25) is 0 Å². The Morgan fingerprint density at radius 3 is 2.28 bits per heavy atom. The van der Waals surface area contributed by atoms with E-state index in [1.54, 1.807) is 0 Å². The lowest BCUT2D eigenvalue weighted by Gasteiger charge is -2.59. The van der Waals surface area contributed by atoms with Crippen molar-refractivity contribution >= 4 is 0 Å². The van der Waals surface area contributed by atoms with Gasteiger partial charge in [-0.25, -0.2) is 0 Å². The first-order chi connectivity index (χ1) is 13.7. The number of allylic oxidation sites excluding steroid dienone is 4. The molecule has 0 bridgehead atoms. The van der Waals surface area contributed by atoms with E-state index in [-0.39, 0.29) is 6.10 Å². The minimum Gasteiger partial charge on any atom is -0.393 e. The molecule has 4 rings (SSSR count). The van der Waals surface area contributed by atoms with Crippen LogP contribution in [0.1, 0.15) is 86.5 Å². The Labute approximate surface area is 180 Å². The van der Waals surface area contributed by atoms with Crippen LogP contribution in [-0.4, -0.2) is 11.2 Å². The van der Waals surface area contributed by atoms with Gasteiger partial charge in [-0.05, 0) is 103 Å². The Hall–Kier alpha value is -0.560. The molecule has 4 aliphatic carbocycles. The molecule has 3 saturated carbocycles. The highest BCUT2D eigenvalue weighted by molar-refractivity contribution is 5.18. The normalized spacial score (nSPS) is 49.0. The second-order valence-electron chi connectivity index (χ2n) is 12.3. The number of aliphatic hydroxyl groups excluding tert-OH is 1. The van der Waals surface area contributed by atoms with Crippen LogP contribution >= 0.6 is 0 Å². The van der Waals surface area contributed by atoms with Crippen LogP contribution in [0.4, 0.5) is 0 Å². The van der Waals surface area contributed by atoms with Crippen LogP contribution in [0.25, 0.3) is 0 Å². The van der Waals surface area contributed by atoms with Crippen molar-refractivity contribution in [2.45, 2.75) is 92.6 Å². The molecule has 0 spiro atoms. The summed E-state index contributed by atoms with van der Waals surface area (Å²) >= 11 is 0. The van der Waals surface area contributed by atoms with Gasteiger partial charge in [0, 0.05) is 0 Å². The first-order valence-electron chi connectivity index (χ1n) is 12.7. The first kappa shape index (κ1) is 21.7. The summed E-state index contributed by atoms with van der Waals surface area (Å²) in [4.78, 5) is 0. The van der Waals surface area contributed by atoms with E-state index in [9.17, 15) is 5.11 Å². The molecular formula is C28H46O. The van der Waals surface area contributed by atoms with Crippen molar-refractivity contribution in [2.24, 2.45) is 58.2 Å². The van der Waals surface area contributed by atoms with Gasteiger partial charge in [0.25, 0.3) is 0 Å². The highest BCUT2D eigenvalue weighted by Crippen LogP contribution is 2.66. The molecule has 1 N–H and O–H groups in total. The molecule has 0 saturated heterocycles. The van der Waals surface area contributed by atoms with E-state index in [0.717, 1.165) is 42.4 Å². The van der Waals surface area contributed by atoms with Crippen LogP contribution in [-0.2, 0) is 0 Å². The lowest BCUT2D eigenvalue weighted by atomic mass is 9.46. The highest BCUT2D eigenvalue weighted by Gasteiger charge is 2.59. The van der Waals surface area contributed by atoms with Crippen molar-refractivity contribution in [3.05, 3.63) is 24.3 Å². The molecule has 10 atom stereocenters. The number of aliphatic hydroxyl groups is 1. The highest BCUT2D eigenvalue weighted by atomic mass is 16.3. The predicted molar refractivity (Wildman–Crippen MR) is 123 cm³/mol. The third-order valence-corrected chi connectivity index (χ3v) is 10.6. The number of fused-ring (bicyclic) bond motifs is 5. The van der Waals surface area contributed by atoms with E-state index in [4.69, 9.17) is 0 Å². The maximum atomic E-state index is 10.2. The topological polar surface area (TPSA) is 20.2 Å². The van der Waals surface area contributed by atoms with Crippen LogP contribution in [0.5, 0.6) is 0 Å². The molecule has 0 aliphatic heterocycles. The number of rotatable bonds is 4. The average molecular weight is 399 g/mol. The number of hydrogen-bond donors (Lipinski definition) is 1. The van der Waals surface area contributed by atoms with Crippen molar-refractivity contribution in [3.63, 3.8) is 0 Å². The first-order valence-corrected chi connectivity index (χ1v) is 12.7. The van der Waals surface area contributed by atoms with Crippen molar-refractivity contribution in [1.82, 2.24) is 0 Å². The van der Waals surface area contributed by atoms with E-state index in [1.807, 2.05) is 0 Å². The lowest BCUT2D eigenvalue weighted by Crippen LogP contribution is -2.52. The summed E-state index contributed by atoms with van der Waals surface area (Å²) in [6, 6.07) is 0. The van der Waals surface area contributed by atoms with E-state index >= 15 is 0 Å². The molecule has 0 radical (unpaired) electrons. The zero-order valence-corrected chi connectivity index (χ0v) is 19.9. The lowest BCUT2D eigenvalue weighted by molar-refractivity contribution is -0.0795. The summed E-state index contributed by atoms with van der Waals surface area (Å²) in [5.41, 5.74) is 0.935. The van der Waals surface area contributed by atoms with Crippen LogP contribution in [0.2, 0.25) is 0 Å². The molecule has 2 unspecified atom stereocenters. The van der Waals surface area contributed by atoms with Gasteiger partial charge in [0.1, 0.15) is 0 Å². The van der Waals surface area contributed by atoms with Crippen molar-refractivity contribution in [3.8, 4) is 0 Å². The summed E-state index contributed by atoms with van der Waals surface area (Å²) in [5.74, 6) is 6.04. The van der Waals surface area contributed by atoms with Gasteiger partial charge in [-0.3, -0.25) is 0 Å². The number of hydrogen-bond acceptors (Lipinski definition) is 1. The molecule has 29 heavy (non-hydrogen) atoms. The fourth-order valence-electron chi connectivity index (χ4n) is 8.21. The molecule has 0 amide bonds. The summed E-state index contributed by atoms with van der Waals surface area (Å²) < 4.78 is 0. The SMILES string of the molecule is CC(C)[C@@H](C)C=C[C@@H](C)[C@H]1CC[C@H]2[C@@H]3C=CC4CC(O)CC[C@]4(C)[C@H]3CC[C@]12C. The maximum Gasteiger partial charge on any atom is 0.0546 e. The predicted octanol–water partition coefficient (Wildman–Crippen LogP) is 7.27. The Kier molecular flexibility index (Phi) is 5.86. The Morgan fingerprint density at radius 2 is 1.55 bits per heavy atom. The van der Waals surface area contributed by atoms with Crippen LogP contribution in [0.3, 0.4) is 0 Å². The van der Waals surface area contributed by atoms with Gasteiger partial charge in [-0.2, -0.15) is 0 Å². The summed E-state index contributed by atoms with van der Waals surface area (Å²) in [5, 5.41) is 10.2. The molecule has 164 valence electrons. The average Bonchev–Trinajstić information content (AvgIpc) is 3.03. The molecule has 0 aromatic heterocycles. The van der Waals surface area contributed by atoms with Gasteiger partial charge in [0.15, 0.2) is 0 Å². The van der Waals surface area contributed by atoms with Gasteiger partial charge in [-0.1, -0.05) is 65.8 Å². The standard InChI is InChI=1S/C28H46O/c1-18(2)19(3)7-8-20(4)24-11-12-25-23-10-9-21-17-22(29)13-15-27(21,5)26(23)14-16-28(24,25)6/h7-10,18-26,29H,11-17H2,1-6H3/t19-,20+,21?,22?,23-,24+,25-,26-,27-,28+/m0/s1. The zero-order chi connectivity index (χ0) is 21.0. The Morgan fingerprint density at radius 1 is 0.862 bits per heavy atom. The van der Waals surface area contributed by atoms with Crippen LogP contribution < -0.4 is 0 Å². The van der Waals surface area contributed by atoms with Crippen molar-refractivity contribution < 1.29 is 5.11 Å². The molecule has 1 heteroatoms. The zero-order valence-electron chi connectivity index (χ0n) is 19.9. The summed E-state index contributed by atoms with van der Waals surface area (Å²) in [6.45, 7) is 14.7. The molecule has 0 heterocycles. The van der Waals surface area contributed by atoms with Gasteiger partial charge in [0.05, 0.1) is 6.10 Å². The van der Waals surface area contributed by atoms with Crippen molar-refractivity contribution in [1.29, 1.82) is 0 Å². The fourth-order valence-corrected chi connectivity index (χ4v) is 8.21. The minimum absolute atomic E-state index is 0.0696. The smallest absolute Gasteiger partial charge is 0.0546 e. The molecule has 3 fully saturated rings. The minimum atomic E-state index is -0.0696. The largest absolute Gasteiger partial charge is 0.393 e.